The van der Waals surface area contributed by atoms with Crippen LogP contribution in [0.3, 0.4) is 0 Å². The molecule has 0 aliphatic rings. The van der Waals surface area contributed by atoms with Crippen LogP contribution in [0.15, 0.2) is 36.7 Å². The Morgan fingerprint density at radius 3 is 2.67 bits per heavy atom. The number of benzene rings is 1. The van der Waals surface area contributed by atoms with Crippen LogP contribution in [0.1, 0.15) is 11.6 Å². The summed E-state index contributed by atoms with van der Waals surface area (Å²) in [6, 6.07) is 4.69. The molecule has 1 atom stereocenters. The summed E-state index contributed by atoms with van der Waals surface area (Å²) in [5.41, 5.74) is 6.91. The first-order valence-electron chi connectivity index (χ1n) is 5.37. The Balaban J connectivity index is 2.05. The summed E-state index contributed by atoms with van der Waals surface area (Å²) >= 11 is 0. The van der Waals surface area contributed by atoms with E-state index in [0.717, 1.165) is 0 Å². The van der Waals surface area contributed by atoms with E-state index in [1.807, 2.05) is 0 Å². The van der Waals surface area contributed by atoms with Crippen molar-refractivity contribution in [3.8, 4) is 0 Å². The van der Waals surface area contributed by atoms with E-state index < -0.39 is 6.04 Å². The van der Waals surface area contributed by atoms with E-state index >= 15 is 0 Å². The summed E-state index contributed by atoms with van der Waals surface area (Å²) in [7, 11) is 1.74. The SMILES string of the molecule is Cn1cc(C(N)C(=O)Nc2ccc(F)cc2)cn1. The average molecular weight is 248 g/mol. The topological polar surface area (TPSA) is 72.9 Å². The molecular weight excluding hydrogens is 235 g/mol. The first-order chi connectivity index (χ1) is 8.56. The number of carbonyl (C=O) groups is 1. The molecule has 0 aliphatic carbocycles. The summed E-state index contributed by atoms with van der Waals surface area (Å²) < 4.78 is 14.3. The number of aromatic nitrogens is 2. The zero-order valence-electron chi connectivity index (χ0n) is 9.80. The molecule has 18 heavy (non-hydrogen) atoms. The summed E-state index contributed by atoms with van der Waals surface area (Å²) in [4.78, 5) is 11.8. The third kappa shape index (κ3) is 2.72. The van der Waals surface area contributed by atoms with E-state index in [1.54, 1.807) is 17.9 Å². The molecular formula is C12H13FN4O. The first-order valence-corrected chi connectivity index (χ1v) is 5.37. The van der Waals surface area contributed by atoms with Gasteiger partial charge in [0.25, 0.3) is 0 Å². The van der Waals surface area contributed by atoms with Gasteiger partial charge in [0.05, 0.1) is 6.20 Å². The van der Waals surface area contributed by atoms with Crippen molar-refractivity contribution in [2.75, 3.05) is 5.32 Å². The predicted octanol–water partition coefficient (Wildman–Crippen LogP) is 1.20. The molecule has 6 heteroatoms. The van der Waals surface area contributed by atoms with Crippen LogP contribution in [0.4, 0.5) is 10.1 Å². The molecule has 1 heterocycles. The molecule has 3 N–H and O–H groups in total. The lowest BCUT2D eigenvalue weighted by atomic mass is 10.1. The van der Waals surface area contributed by atoms with Crippen LogP contribution >= 0.6 is 0 Å². The lowest BCUT2D eigenvalue weighted by molar-refractivity contribution is -0.117. The van der Waals surface area contributed by atoms with Gasteiger partial charge in [0.2, 0.25) is 5.91 Å². The number of rotatable bonds is 3. The number of nitrogens with two attached hydrogens (primary N) is 1. The minimum atomic E-state index is -0.802. The van der Waals surface area contributed by atoms with E-state index in [0.29, 0.717) is 11.3 Å². The smallest absolute Gasteiger partial charge is 0.246 e. The van der Waals surface area contributed by atoms with Gasteiger partial charge in [-0.2, -0.15) is 5.10 Å². The lowest BCUT2D eigenvalue weighted by Gasteiger charge is -2.10. The normalized spacial score (nSPS) is 12.2. The number of aryl methyl sites for hydroxylation is 1. The van der Waals surface area contributed by atoms with Crippen molar-refractivity contribution in [3.63, 3.8) is 0 Å². The van der Waals surface area contributed by atoms with Gasteiger partial charge in [-0.3, -0.25) is 9.48 Å². The highest BCUT2D eigenvalue weighted by Crippen LogP contribution is 2.13. The Hall–Kier alpha value is -2.21. The molecule has 0 saturated carbocycles. The minimum absolute atomic E-state index is 0.357. The van der Waals surface area contributed by atoms with E-state index in [9.17, 15) is 9.18 Å². The molecule has 94 valence electrons. The van der Waals surface area contributed by atoms with Gasteiger partial charge in [0, 0.05) is 24.5 Å². The lowest BCUT2D eigenvalue weighted by Crippen LogP contribution is -2.27. The van der Waals surface area contributed by atoms with E-state index in [-0.39, 0.29) is 11.7 Å². The van der Waals surface area contributed by atoms with Gasteiger partial charge in [-0.05, 0) is 24.3 Å². The highest BCUT2D eigenvalue weighted by molar-refractivity contribution is 5.95. The Morgan fingerprint density at radius 2 is 2.11 bits per heavy atom. The monoisotopic (exact) mass is 248 g/mol. The van der Waals surface area contributed by atoms with Crippen molar-refractivity contribution >= 4 is 11.6 Å². The third-order valence-electron chi connectivity index (χ3n) is 2.48. The first kappa shape index (κ1) is 12.3. The molecule has 5 nitrogen and oxygen atoms in total. The maximum Gasteiger partial charge on any atom is 0.246 e. The number of carbonyl (C=O) groups excluding carboxylic acids is 1. The van der Waals surface area contributed by atoms with E-state index in [2.05, 4.69) is 10.4 Å². The van der Waals surface area contributed by atoms with Gasteiger partial charge in [-0.15, -0.1) is 0 Å². The van der Waals surface area contributed by atoms with Crippen LogP contribution in [-0.4, -0.2) is 15.7 Å². The second kappa shape index (κ2) is 4.97. The van der Waals surface area contributed by atoms with Crippen LogP contribution in [0, 0.1) is 5.82 Å². The fraction of sp³-hybridized carbons (Fsp3) is 0.167. The standard InChI is InChI=1S/C12H13FN4O/c1-17-7-8(6-15-17)11(14)12(18)16-10-4-2-9(13)3-5-10/h2-7,11H,14H2,1H3,(H,16,18). The summed E-state index contributed by atoms with van der Waals surface area (Å²) in [5, 5.41) is 6.55. The number of hydrogen-bond donors (Lipinski definition) is 2. The second-order valence-corrected chi connectivity index (χ2v) is 3.92. The van der Waals surface area contributed by atoms with Crippen LogP contribution in [-0.2, 0) is 11.8 Å². The average Bonchev–Trinajstić information content (AvgIpc) is 2.78. The molecule has 1 amide bonds. The molecule has 0 fully saturated rings. The van der Waals surface area contributed by atoms with Crippen molar-refractivity contribution in [3.05, 3.63) is 48.0 Å². The molecule has 0 spiro atoms. The van der Waals surface area contributed by atoms with Crippen LogP contribution in [0.2, 0.25) is 0 Å². The Kier molecular flexibility index (Phi) is 3.38. The molecule has 2 rings (SSSR count). The maximum absolute atomic E-state index is 12.7. The molecule has 0 aliphatic heterocycles. The zero-order chi connectivity index (χ0) is 13.1. The number of amides is 1. The fourth-order valence-corrected chi connectivity index (χ4v) is 1.51. The summed E-state index contributed by atoms with van der Waals surface area (Å²) in [6.45, 7) is 0. The van der Waals surface area contributed by atoms with Crippen molar-refractivity contribution in [2.24, 2.45) is 12.8 Å². The number of nitrogens with zero attached hydrogens (tertiary/aromatic N) is 2. The van der Waals surface area contributed by atoms with Crippen LogP contribution in [0.25, 0.3) is 0 Å². The quantitative estimate of drug-likeness (QED) is 0.857. The van der Waals surface area contributed by atoms with Crippen LogP contribution in [0.5, 0.6) is 0 Å². The van der Waals surface area contributed by atoms with Gasteiger partial charge >= 0.3 is 0 Å². The molecule has 2 aromatic rings. The Labute approximate surface area is 103 Å². The molecule has 0 bridgehead atoms. The molecule has 1 unspecified atom stereocenters. The molecule has 0 radical (unpaired) electrons. The van der Waals surface area contributed by atoms with Crippen LogP contribution < -0.4 is 11.1 Å². The van der Waals surface area contributed by atoms with Gasteiger partial charge in [0.1, 0.15) is 11.9 Å². The second-order valence-electron chi connectivity index (χ2n) is 3.92. The van der Waals surface area contributed by atoms with Gasteiger partial charge in [-0.1, -0.05) is 0 Å². The van der Waals surface area contributed by atoms with Crippen molar-refractivity contribution < 1.29 is 9.18 Å². The molecule has 0 saturated heterocycles. The van der Waals surface area contributed by atoms with E-state index in [1.165, 1.54) is 30.5 Å². The van der Waals surface area contributed by atoms with Crippen molar-refractivity contribution in [1.82, 2.24) is 9.78 Å². The zero-order valence-corrected chi connectivity index (χ0v) is 9.80. The maximum atomic E-state index is 12.7. The third-order valence-corrected chi connectivity index (χ3v) is 2.48. The number of anilines is 1. The van der Waals surface area contributed by atoms with E-state index in [4.69, 9.17) is 5.73 Å². The molecule has 1 aromatic heterocycles. The largest absolute Gasteiger partial charge is 0.324 e. The highest BCUT2D eigenvalue weighted by Gasteiger charge is 2.17. The number of nitrogens with one attached hydrogen (secondary N) is 1. The predicted molar refractivity (Wildman–Crippen MR) is 65.2 cm³/mol. The Bertz CT molecular complexity index is 549. The highest BCUT2D eigenvalue weighted by atomic mass is 19.1. The van der Waals surface area contributed by atoms with Crippen molar-refractivity contribution in [1.29, 1.82) is 0 Å². The summed E-state index contributed by atoms with van der Waals surface area (Å²) in [6.07, 6.45) is 3.21. The van der Waals surface area contributed by atoms with Gasteiger partial charge in [0.15, 0.2) is 0 Å². The number of halogens is 1. The fourth-order valence-electron chi connectivity index (χ4n) is 1.51. The summed E-state index contributed by atoms with van der Waals surface area (Å²) in [5.74, 6) is -0.723. The van der Waals surface area contributed by atoms with Gasteiger partial charge < -0.3 is 11.1 Å². The minimum Gasteiger partial charge on any atom is -0.324 e. The van der Waals surface area contributed by atoms with Gasteiger partial charge in [-0.25, -0.2) is 4.39 Å². The number of hydrogen-bond acceptors (Lipinski definition) is 3. The Morgan fingerprint density at radius 1 is 1.44 bits per heavy atom. The molecule has 1 aromatic carbocycles. The van der Waals surface area contributed by atoms with Crippen molar-refractivity contribution in [2.45, 2.75) is 6.04 Å².